The van der Waals surface area contributed by atoms with Crippen molar-refractivity contribution in [2.75, 3.05) is 6.61 Å². The molecule has 24 heavy (non-hydrogen) atoms. The summed E-state index contributed by atoms with van der Waals surface area (Å²) in [5.41, 5.74) is -3.50. The fourth-order valence-corrected chi connectivity index (χ4v) is 5.10. The Morgan fingerprint density at radius 3 is 2.33 bits per heavy atom. The van der Waals surface area contributed by atoms with E-state index in [0.29, 0.717) is 15.8 Å². The average Bonchev–Trinajstić information content (AvgIpc) is 2.61. The quantitative estimate of drug-likeness (QED) is 0.591. The van der Waals surface area contributed by atoms with Gasteiger partial charge in [0.25, 0.3) is 5.56 Å². The van der Waals surface area contributed by atoms with Gasteiger partial charge in [0.1, 0.15) is 17.1 Å². The molecule has 7 nitrogen and oxygen atoms in total. The summed E-state index contributed by atoms with van der Waals surface area (Å²) >= 11 is 0. The fourth-order valence-electron chi connectivity index (χ4n) is 4.10. The van der Waals surface area contributed by atoms with Gasteiger partial charge in [0.2, 0.25) is 0 Å². The molecule has 1 aliphatic rings. The molecule has 8 heteroatoms. The van der Waals surface area contributed by atoms with E-state index in [1.807, 2.05) is 34.6 Å². The number of H-pyrrole nitrogens is 1. The molecule has 3 atom stereocenters. The Kier molecular flexibility index (Phi) is 4.29. The number of nitrogens with zero attached hydrogens (tertiary/aromatic N) is 1. The van der Waals surface area contributed by atoms with E-state index < -0.39 is 39.1 Å². The number of rotatable bonds is 2. The van der Waals surface area contributed by atoms with Crippen LogP contribution in [0, 0.1) is 17.8 Å². The van der Waals surface area contributed by atoms with E-state index >= 15 is 0 Å². The second-order valence-corrected chi connectivity index (χ2v) is 9.71. The first kappa shape index (κ1) is 19.1. The molecule has 0 saturated carbocycles. The zero-order valence-electron chi connectivity index (χ0n) is 15.4. The maximum atomic E-state index is 12.4. The Labute approximate surface area is 144 Å². The second kappa shape index (κ2) is 5.39. The molecule has 1 fully saturated rings. The molecule has 2 rings (SSSR count). The highest BCUT2D eigenvalue weighted by Crippen LogP contribution is 2.59. The summed E-state index contributed by atoms with van der Waals surface area (Å²) in [6.07, 6.45) is 0.628. The summed E-state index contributed by atoms with van der Waals surface area (Å²) in [6, 6.07) is 0. The number of aromatic nitrogens is 2. The van der Waals surface area contributed by atoms with Crippen molar-refractivity contribution >= 4 is 10.2 Å². The van der Waals surface area contributed by atoms with Crippen molar-refractivity contribution in [1.82, 2.24) is 9.55 Å². The third kappa shape index (κ3) is 2.20. The summed E-state index contributed by atoms with van der Waals surface area (Å²) in [6.45, 7) is 10.6. The van der Waals surface area contributed by atoms with E-state index in [1.54, 1.807) is 6.92 Å². The minimum absolute atomic E-state index is 0.363. The maximum Gasteiger partial charge on any atom is 0.330 e. The first-order chi connectivity index (χ1) is 10.7. The molecule has 0 aromatic carbocycles. The first-order valence-electron chi connectivity index (χ1n) is 8.08. The van der Waals surface area contributed by atoms with Crippen LogP contribution < -0.4 is 11.2 Å². The number of ether oxygens (including phenoxy) is 1. The fraction of sp³-hybridized carbons (Fsp3) is 0.750. The Bertz CT molecular complexity index is 763. The van der Waals surface area contributed by atoms with Crippen molar-refractivity contribution in [3.05, 3.63) is 32.6 Å². The van der Waals surface area contributed by atoms with Crippen molar-refractivity contribution in [3.8, 4) is 0 Å². The van der Waals surface area contributed by atoms with Crippen LogP contribution in [0.4, 0.5) is 0 Å². The van der Waals surface area contributed by atoms with E-state index in [9.17, 15) is 19.8 Å². The van der Waals surface area contributed by atoms with Gasteiger partial charge in [-0.3, -0.25) is 14.3 Å². The lowest BCUT2D eigenvalue weighted by Crippen LogP contribution is -2.63. The van der Waals surface area contributed by atoms with Gasteiger partial charge in [0.05, 0.1) is 16.8 Å². The Balaban J connectivity index is 2.79. The van der Waals surface area contributed by atoms with Crippen molar-refractivity contribution < 1.29 is 14.9 Å². The molecular weight excluding hydrogens is 328 g/mol. The van der Waals surface area contributed by atoms with Crippen molar-refractivity contribution in [2.45, 2.75) is 58.6 Å². The van der Waals surface area contributed by atoms with E-state index in [1.165, 1.54) is 10.8 Å². The third-order valence-corrected chi connectivity index (χ3v) is 7.81. The van der Waals surface area contributed by atoms with Gasteiger partial charge in [-0.25, -0.2) is 4.79 Å². The van der Waals surface area contributed by atoms with Gasteiger partial charge in [0.15, 0.2) is 0 Å². The minimum atomic E-state index is -1.38. The molecule has 3 N–H and O–H groups in total. The van der Waals surface area contributed by atoms with Crippen LogP contribution in [0.2, 0.25) is 0 Å². The number of aryl methyl sites for hydroxylation is 1. The molecule has 136 valence electrons. The highest BCUT2D eigenvalue weighted by molar-refractivity contribution is 6.13. The number of aromatic amines is 1. The van der Waals surface area contributed by atoms with Gasteiger partial charge in [-0.05, 0) is 12.3 Å². The van der Waals surface area contributed by atoms with Crippen LogP contribution in [-0.2, 0) is 10.1 Å². The first-order valence-corrected chi connectivity index (χ1v) is 9.08. The van der Waals surface area contributed by atoms with E-state index in [4.69, 9.17) is 4.74 Å². The molecule has 0 spiro atoms. The van der Waals surface area contributed by atoms with E-state index in [-0.39, 0.29) is 6.61 Å². The molecule has 1 aromatic rings. The highest BCUT2D eigenvalue weighted by Gasteiger charge is 2.71. The second-order valence-electron chi connectivity index (χ2n) is 8.35. The largest absolute Gasteiger partial charge is 0.394 e. The smallest absolute Gasteiger partial charge is 0.330 e. The molecule has 2 heterocycles. The zero-order valence-corrected chi connectivity index (χ0v) is 17.4. The number of nitrogens with one attached hydrogen (secondary N) is 1. The van der Waals surface area contributed by atoms with Gasteiger partial charge < -0.3 is 14.9 Å². The van der Waals surface area contributed by atoms with Crippen LogP contribution in [-0.4, -0.2) is 48.3 Å². The molecule has 0 bridgehead atoms. The predicted octanol–water partition coefficient (Wildman–Crippen LogP) is -0.985. The molecule has 0 amide bonds. The predicted molar refractivity (Wildman–Crippen MR) is 94.1 cm³/mol. The lowest BCUT2D eigenvalue weighted by Gasteiger charge is -2.51. The summed E-state index contributed by atoms with van der Waals surface area (Å²) in [4.78, 5) is 26.4. The molecule has 0 unspecified atom stereocenters. The summed E-state index contributed by atoms with van der Waals surface area (Å²) in [5, 5.41) is 20.3. The van der Waals surface area contributed by atoms with Gasteiger partial charge in [-0.1, -0.05) is 34.6 Å². The Morgan fingerprint density at radius 1 is 1.38 bits per heavy atom. The van der Waals surface area contributed by atoms with Crippen molar-refractivity contribution in [3.63, 3.8) is 0 Å². The van der Waals surface area contributed by atoms with Crippen LogP contribution in [0.5, 0.6) is 0 Å². The normalized spacial score (nSPS) is 33.1. The van der Waals surface area contributed by atoms with Gasteiger partial charge in [-0.15, -0.1) is 0 Å². The zero-order chi connectivity index (χ0) is 18.7. The number of aliphatic hydroxyl groups excluding tert-OH is 1. The molecule has 1 aliphatic heterocycles. The van der Waals surface area contributed by atoms with Crippen LogP contribution in [0.3, 0.4) is 0 Å². The highest BCUT2D eigenvalue weighted by atomic mass is 28.1. The standard InChI is InChI=1S/C16H28N2O5Si/c1-9-7-18(12(21)17-11(9)20)16(24)14(5,6)15(22,13(2,3)4)10(8-19)23-16/h7,10,19,22H,8H2,1-6,24H3,(H,17,20,21)/t10-,15+,16+/m1/s1. The average molecular weight is 356 g/mol. The molecule has 1 aromatic heterocycles. The SMILES string of the molecule is Cc1cn([C@]2([SiH3])O[C@H](CO)[C@](O)(C(C)(C)C)C2(C)C)c(=O)[nH]c1=O. The van der Waals surface area contributed by atoms with Crippen LogP contribution >= 0.6 is 0 Å². The maximum absolute atomic E-state index is 12.4. The number of hydrogen-bond acceptors (Lipinski definition) is 5. The minimum Gasteiger partial charge on any atom is -0.394 e. The molecular formula is C16H28N2O5Si. The number of hydrogen-bond donors (Lipinski definition) is 3. The van der Waals surface area contributed by atoms with Crippen molar-refractivity contribution in [1.29, 1.82) is 0 Å². The summed E-state index contributed by atoms with van der Waals surface area (Å²) in [7, 11) is 0.368. The number of aliphatic hydroxyl groups is 2. The van der Waals surface area contributed by atoms with E-state index in [2.05, 4.69) is 4.98 Å². The third-order valence-electron chi connectivity index (χ3n) is 5.84. The van der Waals surface area contributed by atoms with Crippen LogP contribution in [0.25, 0.3) is 0 Å². The Morgan fingerprint density at radius 2 is 1.92 bits per heavy atom. The molecule has 1 saturated heterocycles. The lowest BCUT2D eigenvalue weighted by atomic mass is 9.60. The topological polar surface area (TPSA) is 105 Å². The van der Waals surface area contributed by atoms with Crippen LogP contribution in [0.1, 0.15) is 40.2 Å². The molecule has 0 radical (unpaired) electrons. The molecule has 0 aliphatic carbocycles. The summed E-state index contributed by atoms with van der Waals surface area (Å²) in [5.74, 6) is 0. The van der Waals surface area contributed by atoms with Gasteiger partial charge >= 0.3 is 5.69 Å². The summed E-state index contributed by atoms with van der Waals surface area (Å²) < 4.78 is 7.48. The van der Waals surface area contributed by atoms with Gasteiger partial charge in [-0.2, -0.15) is 0 Å². The van der Waals surface area contributed by atoms with Crippen LogP contribution in [0.15, 0.2) is 15.8 Å². The monoisotopic (exact) mass is 356 g/mol. The lowest BCUT2D eigenvalue weighted by molar-refractivity contribution is -0.157. The Hall–Kier alpha value is -1.22. The van der Waals surface area contributed by atoms with Gasteiger partial charge in [0, 0.05) is 17.2 Å². The van der Waals surface area contributed by atoms with Crippen molar-refractivity contribution in [2.24, 2.45) is 10.8 Å². The van der Waals surface area contributed by atoms with E-state index in [0.717, 1.165) is 0 Å².